The molecule has 0 saturated carbocycles. The molecule has 2 N–H and O–H groups in total. The highest BCUT2D eigenvalue weighted by molar-refractivity contribution is 4.77. The Labute approximate surface area is 88.8 Å². The topological polar surface area (TPSA) is 29.3 Å². The van der Waals surface area contributed by atoms with E-state index in [-0.39, 0.29) is 0 Å². The first kappa shape index (κ1) is 12.0. The second kappa shape index (κ2) is 5.72. The van der Waals surface area contributed by atoms with Crippen molar-refractivity contribution in [2.45, 2.75) is 46.1 Å². The molecule has 2 atom stereocenters. The molecule has 0 aromatic carbocycles. The van der Waals surface area contributed by atoms with Crippen molar-refractivity contribution in [2.75, 3.05) is 19.6 Å². The molecule has 0 aromatic rings. The van der Waals surface area contributed by atoms with Gasteiger partial charge in [0.2, 0.25) is 0 Å². The third kappa shape index (κ3) is 3.58. The van der Waals surface area contributed by atoms with Gasteiger partial charge < -0.3 is 10.6 Å². The van der Waals surface area contributed by atoms with Crippen molar-refractivity contribution in [3.63, 3.8) is 0 Å². The molecule has 2 unspecified atom stereocenters. The van der Waals surface area contributed by atoms with Gasteiger partial charge in [0.1, 0.15) is 0 Å². The van der Waals surface area contributed by atoms with Crippen molar-refractivity contribution in [1.29, 1.82) is 0 Å². The van der Waals surface area contributed by atoms with Gasteiger partial charge in [-0.05, 0) is 51.1 Å². The largest absolute Gasteiger partial charge is 0.330 e. The number of piperidine rings is 1. The summed E-state index contributed by atoms with van der Waals surface area (Å²) in [6.45, 7) is 10.3. The molecular weight excluding hydrogens is 172 g/mol. The molecule has 0 aliphatic carbocycles. The molecule has 84 valence electrons. The fourth-order valence-corrected chi connectivity index (χ4v) is 2.52. The third-order valence-corrected chi connectivity index (χ3v) is 3.32. The van der Waals surface area contributed by atoms with Crippen LogP contribution in [0.2, 0.25) is 0 Å². The summed E-state index contributed by atoms with van der Waals surface area (Å²) < 4.78 is 0. The van der Waals surface area contributed by atoms with Crippen LogP contribution in [0.3, 0.4) is 0 Å². The highest BCUT2D eigenvalue weighted by Gasteiger charge is 2.22. The standard InChI is InChI=1S/C12H26N2/c1-10(2)7-11(3)14-6-4-5-12(8-13)9-14/h10-12H,4-9,13H2,1-3H3. The first-order valence-electron chi connectivity index (χ1n) is 6.07. The van der Waals surface area contributed by atoms with Crippen LogP contribution < -0.4 is 5.73 Å². The van der Waals surface area contributed by atoms with Crippen LogP contribution in [0, 0.1) is 11.8 Å². The van der Waals surface area contributed by atoms with Crippen LogP contribution in [0.25, 0.3) is 0 Å². The SMILES string of the molecule is CC(C)CC(C)N1CCCC(CN)C1. The summed E-state index contributed by atoms with van der Waals surface area (Å²) in [7, 11) is 0. The van der Waals surface area contributed by atoms with Crippen LogP contribution in [-0.4, -0.2) is 30.6 Å². The van der Waals surface area contributed by atoms with E-state index in [1.54, 1.807) is 0 Å². The van der Waals surface area contributed by atoms with Gasteiger partial charge in [0.05, 0.1) is 0 Å². The molecule has 1 rings (SSSR count). The minimum atomic E-state index is 0.740. The molecule has 0 amide bonds. The molecule has 0 radical (unpaired) electrons. The number of rotatable bonds is 4. The number of nitrogens with two attached hydrogens (primary N) is 1. The lowest BCUT2D eigenvalue weighted by molar-refractivity contribution is 0.121. The van der Waals surface area contributed by atoms with Gasteiger partial charge in [0, 0.05) is 12.6 Å². The van der Waals surface area contributed by atoms with Crippen LogP contribution in [0.1, 0.15) is 40.0 Å². The summed E-state index contributed by atoms with van der Waals surface area (Å²) in [5, 5.41) is 0. The van der Waals surface area contributed by atoms with Crippen LogP contribution in [0.5, 0.6) is 0 Å². The Hall–Kier alpha value is -0.0800. The molecular formula is C12H26N2. The monoisotopic (exact) mass is 198 g/mol. The Morgan fingerprint density at radius 1 is 1.36 bits per heavy atom. The van der Waals surface area contributed by atoms with Gasteiger partial charge >= 0.3 is 0 Å². The van der Waals surface area contributed by atoms with Gasteiger partial charge in [-0.3, -0.25) is 0 Å². The molecule has 1 aliphatic rings. The second-order valence-corrected chi connectivity index (χ2v) is 5.22. The van der Waals surface area contributed by atoms with Gasteiger partial charge in [0.25, 0.3) is 0 Å². The smallest absolute Gasteiger partial charge is 0.00694 e. The molecule has 0 bridgehead atoms. The van der Waals surface area contributed by atoms with Crippen LogP contribution in [0.15, 0.2) is 0 Å². The van der Waals surface area contributed by atoms with Gasteiger partial charge in [-0.1, -0.05) is 13.8 Å². The first-order chi connectivity index (χ1) is 6.63. The minimum Gasteiger partial charge on any atom is -0.330 e. The fraction of sp³-hybridized carbons (Fsp3) is 1.00. The number of hydrogen-bond acceptors (Lipinski definition) is 2. The molecule has 1 aliphatic heterocycles. The maximum atomic E-state index is 5.74. The summed E-state index contributed by atoms with van der Waals surface area (Å²) in [6, 6.07) is 0.740. The summed E-state index contributed by atoms with van der Waals surface area (Å²) >= 11 is 0. The number of hydrogen-bond donors (Lipinski definition) is 1. The Balaban J connectivity index is 2.35. The third-order valence-electron chi connectivity index (χ3n) is 3.32. The van der Waals surface area contributed by atoms with Crippen molar-refractivity contribution >= 4 is 0 Å². The Kier molecular flexibility index (Phi) is 4.90. The van der Waals surface area contributed by atoms with Gasteiger partial charge in [0.15, 0.2) is 0 Å². The normalized spacial score (nSPS) is 26.8. The van der Waals surface area contributed by atoms with Crippen molar-refractivity contribution < 1.29 is 0 Å². The van der Waals surface area contributed by atoms with E-state index in [2.05, 4.69) is 25.7 Å². The van der Waals surface area contributed by atoms with Gasteiger partial charge in [-0.25, -0.2) is 0 Å². The lowest BCUT2D eigenvalue weighted by Gasteiger charge is -2.37. The molecule has 1 fully saturated rings. The lowest BCUT2D eigenvalue weighted by atomic mass is 9.95. The van der Waals surface area contributed by atoms with Crippen molar-refractivity contribution in [3.8, 4) is 0 Å². The molecule has 2 nitrogen and oxygen atoms in total. The zero-order chi connectivity index (χ0) is 10.6. The highest BCUT2D eigenvalue weighted by atomic mass is 15.2. The van der Waals surface area contributed by atoms with E-state index >= 15 is 0 Å². The zero-order valence-corrected chi connectivity index (χ0v) is 10.00. The quantitative estimate of drug-likeness (QED) is 0.749. The van der Waals surface area contributed by atoms with E-state index in [4.69, 9.17) is 5.73 Å². The number of nitrogens with zero attached hydrogens (tertiary/aromatic N) is 1. The molecule has 2 heteroatoms. The van der Waals surface area contributed by atoms with E-state index in [9.17, 15) is 0 Å². The van der Waals surface area contributed by atoms with Crippen LogP contribution in [-0.2, 0) is 0 Å². The van der Waals surface area contributed by atoms with Gasteiger partial charge in [-0.15, -0.1) is 0 Å². The van der Waals surface area contributed by atoms with E-state index in [0.29, 0.717) is 0 Å². The minimum absolute atomic E-state index is 0.740. The maximum absolute atomic E-state index is 5.74. The van der Waals surface area contributed by atoms with Crippen LogP contribution in [0.4, 0.5) is 0 Å². The Bertz CT molecular complexity index is 156. The highest BCUT2D eigenvalue weighted by Crippen LogP contribution is 2.20. The Morgan fingerprint density at radius 3 is 2.64 bits per heavy atom. The van der Waals surface area contributed by atoms with E-state index < -0.39 is 0 Å². The molecule has 14 heavy (non-hydrogen) atoms. The van der Waals surface area contributed by atoms with Crippen molar-refractivity contribution in [2.24, 2.45) is 17.6 Å². The van der Waals surface area contributed by atoms with Crippen molar-refractivity contribution in [1.82, 2.24) is 4.90 Å². The lowest BCUT2D eigenvalue weighted by Crippen LogP contribution is -2.43. The first-order valence-corrected chi connectivity index (χ1v) is 6.07. The molecule has 1 heterocycles. The number of likely N-dealkylation sites (tertiary alicyclic amines) is 1. The summed E-state index contributed by atoms with van der Waals surface area (Å²) in [5.74, 6) is 1.56. The zero-order valence-electron chi connectivity index (χ0n) is 10.00. The van der Waals surface area contributed by atoms with Crippen LogP contribution >= 0.6 is 0 Å². The van der Waals surface area contributed by atoms with E-state index in [1.165, 1.54) is 32.4 Å². The molecule has 0 aromatic heterocycles. The van der Waals surface area contributed by atoms with E-state index in [0.717, 1.165) is 24.4 Å². The summed E-state index contributed by atoms with van der Waals surface area (Å²) in [4.78, 5) is 2.63. The predicted octanol–water partition coefficient (Wildman–Crippen LogP) is 2.09. The fourth-order valence-electron chi connectivity index (χ4n) is 2.52. The molecule has 1 saturated heterocycles. The Morgan fingerprint density at radius 2 is 2.07 bits per heavy atom. The second-order valence-electron chi connectivity index (χ2n) is 5.22. The van der Waals surface area contributed by atoms with E-state index in [1.807, 2.05) is 0 Å². The average molecular weight is 198 g/mol. The average Bonchev–Trinajstić information content (AvgIpc) is 2.17. The van der Waals surface area contributed by atoms with Crippen molar-refractivity contribution in [3.05, 3.63) is 0 Å². The summed E-state index contributed by atoms with van der Waals surface area (Å²) in [6.07, 6.45) is 3.99. The summed E-state index contributed by atoms with van der Waals surface area (Å²) in [5.41, 5.74) is 5.74. The van der Waals surface area contributed by atoms with Gasteiger partial charge in [-0.2, -0.15) is 0 Å². The maximum Gasteiger partial charge on any atom is 0.00694 e. The predicted molar refractivity (Wildman–Crippen MR) is 62.3 cm³/mol. The molecule has 0 spiro atoms.